The summed E-state index contributed by atoms with van der Waals surface area (Å²) in [5.41, 5.74) is 9.26. The largest absolute Gasteiger partial charge is 0.504 e. The Bertz CT molecular complexity index is 777. The maximum absolute atomic E-state index is 10.8. The molecule has 4 N–H and O–H groups in total. The molecule has 132 valence electrons. The third-order valence-corrected chi connectivity index (χ3v) is 4.38. The molecule has 1 heterocycles. The number of hydrogen-bond donors (Lipinski definition) is 3. The van der Waals surface area contributed by atoms with Crippen LogP contribution in [0.5, 0.6) is 11.5 Å². The van der Waals surface area contributed by atoms with Crippen LogP contribution in [0.1, 0.15) is 11.1 Å². The van der Waals surface area contributed by atoms with Crippen molar-refractivity contribution in [2.75, 3.05) is 26.2 Å². The molecule has 0 radical (unpaired) electrons. The van der Waals surface area contributed by atoms with Crippen LogP contribution >= 0.6 is 0 Å². The molecular weight excluding hydrogens is 318 g/mol. The van der Waals surface area contributed by atoms with Gasteiger partial charge in [-0.3, -0.25) is 4.90 Å². The molecule has 2 aromatic rings. The monoisotopic (exact) mass is 341 g/mol. The molecule has 1 aliphatic rings. The summed E-state index contributed by atoms with van der Waals surface area (Å²) in [5, 5.41) is 13.0. The minimum absolute atomic E-state index is 0.160. The Kier molecular flexibility index (Phi) is 5.09. The van der Waals surface area contributed by atoms with E-state index >= 15 is 0 Å². The van der Waals surface area contributed by atoms with Gasteiger partial charge >= 0.3 is 6.03 Å². The van der Waals surface area contributed by atoms with Gasteiger partial charge < -0.3 is 20.9 Å². The van der Waals surface area contributed by atoms with Crippen molar-refractivity contribution in [3.05, 3.63) is 47.5 Å². The number of carbonyl (C=O) groups is 1. The molecule has 1 aliphatic heterocycles. The number of carbonyl (C=O) groups excluding carboxylic acids is 1. The molecule has 3 rings (SSSR count). The number of amides is 2. The van der Waals surface area contributed by atoms with E-state index in [1.54, 1.807) is 6.07 Å². The Morgan fingerprint density at radius 2 is 2.16 bits per heavy atom. The lowest BCUT2D eigenvalue weighted by Gasteiger charge is -2.19. The molecule has 0 unspecified atom stereocenters. The van der Waals surface area contributed by atoms with E-state index in [-0.39, 0.29) is 5.75 Å². The number of rotatable bonds is 4. The van der Waals surface area contributed by atoms with Crippen LogP contribution in [0.3, 0.4) is 0 Å². The van der Waals surface area contributed by atoms with E-state index in [4.69, 9.17) is 10.5 Å². The first-order valence-electron chi connectivity index (χ1n) is 8.35. The standard InChI is InChI=1S/C19H23N3O3/c1-13-4-2-3-5-16(13)14-10-15-12-22(7-6-21-19(20)24)8-9-25-18(15)17(23)11-14/h2-5,10-11,23H,6-9,12H2,1H3,(H3,20,21,24). The number of fused-ring (bicyclic) bond motifs is 1. The smallest absolute Gasteiger partial charge is 0.312 e. The molecule has 6 nitrogen and oxygen atoms in total. The predicted molar refractivity (Wildman–Crippen MR) is 96.6 cm³/mol. The van der Waals surface area contributed by atoms with Crippen molar-refractivity contribution in [3.8, 4) is 22.6 Å². The maximum atomic E-state index is 10.8. The Labute approximate surface area is 147 Å². The number of nitrogens with two attached hydrogens (primary N) is 1. The number of nitrogens with zero attached hydrogens (tertiary/aromatic N) is 1. The molecule has 0 atom stereocenters. The second-order valence-electron chi connectivity index (χ2n) is 6.21. The van der Waals surface area contributed by atoms with Gasteiger partial charge in [0.15, 0.2) is 11.5 Å². The fraction of sp³-hybridized carbons (Fsp3) is 0.316. The quantitative estimate of drug-likeness (QED) is 0.796. The van der Waals surface area contributed by atoms with Crippen LogP contribution in [0.25, 0.3) is 11.1 Å². The average Bonchev–Trinajstić information content (AvgIpc) is 2.77. The van der Waals surface area contributed by atoms with Gasteiger partial charge in [0.1, 0.15) is 6.61 Å². The van der Waals surface area contributed by atoms with Gasteiger partial charge in [-0.05, 0) is 35.7 Å². The Morgan fingerprint density at radius 1 is 1.36 bits per heavy atom. The van der Waals surface area contributed by atoms with Gasteiger partial charge in [-0.25, -0.2) is 4.79 Å². The number of aryl methyl sites for hydroxylation is 1. The topological polar surface area (TPSA) is 87.8 Å². The fourth-order valence-electron chi connectivity index (χ4n) is 3.13. The zero-order chi connectivity index (χ0) is 17.8. The molecule has 2 aromatic carbocycles. The first-order chi connectivity index (χ1) is 12.0. The van der Waals surface area contributed by atoms with Crippen molar-refractivity contribution in [1.82, 2.24) is 10.2 Å². The van der Waals surface area contributed by atoms with Crippen molar-refractivity contribution in [2.24, 2.45) is 5.73 Å². The lowest BCUT2D eigenvalue weighted by atomic mass is 9.98. The van der Waals surface area contributed by atoms with E-state index in [2.05, 4.69) is 29.3 Å². The van der Waals surface area contributed by atoms with E-state index in [1.165, 1.54) is 0 Å². The van der Waals surface area contributed by atoms with Gasteiger partial charge in [0.05, 0.1) is 0 Å². The Hall–Kier alpha value is -2.73. The van der Waals surface area contributed by atoms with Crippen molar-refractivity contribution < 1.29 is 14.6 Å². The molecule has 25 heavy (non-hydrogen) atoms. The van der Waals surface area contributed by atoms with Crippen LogP contribution in [0.15, 0.2) is 36.4 Å². The Morgan fingerprint density at radius 3 is 2.92 bits per heavy atom. The van der Waals surface area contributed by atoms with Crippen LogP contribution in [0, 0.1) is 6.92 Å². The fourth-order valence-corrected chi connectivity index (χ4v) is 3.13. The zero-order valence-electron chi connectivity index (χ0n) is 14.3. The third-order valence-electron chi connectivity index (χ3n) is 4.38. The van der Waals surface area contributed by atoms with Crippen LogP contribution < -0.4 is 15.8 Å². The zero-order valence-corrected chi connectivity index (χ0v) is 14.3. The van der Waals surface area contributed by atoms with Crippen LogP contribution in [0.4, 0.5) is 4.79 Å². The first-order valence-corrected chi connectivity index (χ1v) is 8.35. The molecule has 0 saturated carbocycles. The summed E-state index contributed by atoms with van der Waals surface area (Å²) >= 11 is 0. The summed E-state index contributed by atoms with van der Waals surface area (Å²) in [5.74, 6) is 0.704. The van der Waals surface area contributed by atoms with E-state index < -0.39 is 6.03 Å². The van der Waals surface area contributed by atoms with Gasteiger partial charge in [-0.2, -0.15) is 0 Å². The number of phenols is 1. The lowest BCUT2D eigenvalue weighted by molar-refractivity contribution is 0.220. The maximum Gasteiger partial charge on any atom is 0.312 e. The highest BCUT2D eigenvalue weighted by atomic mass is 16.5. The molecule has 0 spiro atoms. The molecule has 0 saturated heterocycles. The summed E-state index contributed by atoms with van der Waals surface area (Å²) in [6, 6.07) is 11.4. The van der Waals surface area contributed by atoms with Crippen molar-refractivity contribution in [2.45, 2.75) is 13.5 Å². The van der Waals surface area contributed by atoms with E-state index in [0.29, 0.717) is 38.5 Å². The molecule has 0 fully saturated rings. The molecule has 0 aromatic heterocycles. The molecule has 0 aliphatic carbocycles. The minimum Gasteiger partial charge on any atom is -0.504 e. The van der Waals surface area contributed by atoms with Gasteiger partial charge in [-0.1, -0.05) is 24.3 Å². The number of phenolic OH excluding ortho intramolecular Hbond substituents is 1. The third kappa shape index (κ3) is 4.03. The number of benzene rings is 2. The molecule has 2 amide bonds. The number of aromatic hydroxyl groups is 1. The molecule has 6 heteroatoms. The summed E-state index contributed by atoms with van der Waals surface area (Å²) in [7, 11) is 0. The van der Waals surface area contributed by atoms with Gasteiger partial charge in [0, 0.05) is 31.7 Å². The highest BCUT2D eigenvalue weighted by Gasteiger charge is 2.20. The highest BCUT2D eigenvalue weighted by Crippen LogP contribution is 2.38. The van der Waals surface area contributed by atoms with Gasteiger partial charge in [-0.15, -0.1) is 0 Å². The second-order valence-corrected chi connectivity index (χ2v) is 6.21. The number of nitrogens with one attached hydrogen (secondary N) is 1. The molecule has 0 bridgehead atoms. The lowest BCUT2D eigenvalue weighted by Crippen LogP contribution is -2.37. The van der Waals surface area contributed by atoms with Gasteiger partial charge in [0.25, 0.3) is 0 Å². The Balaban J connectivity index is 1.86. The summed E-state index contributed by atoms with van der Waals surface area (Å²) in [6.45, 7) is 5.05. The average molecular weight is 341 g/mol. The normalized spacial score (nSPS) is 14.3. The number of hydrogen-bond acceptors (Lipinski definition) is 4. The van der Waals surface area contributed by atoms with Crippen molar-refractivity contribution in [1.29, 1.82) is 0 Å². The number of urea groups is 1. The summed E-state index contributed by atoms with van der Waals surface area (Å²) < 4.78 is 5.75. The van der Waals surface area contributed by atoms with Gasteiger partial charge in [0.2, 0.25) is 0 Å². The highest BCUT2D eigenvalue weighted by molar-refractivity contribution is 5.72. The first kappa shape index (κ1) is 17.1. The van der Waals surface area contributed by atoms with Crippen LogP contribution in [-0.2, 0) is 6.54 Å². The van der Waals surface area contributed by atoms with Crippen LogP contribution in [-0.4, -0.2) is 42.3 Å². The van der Waals surface area contributed by atoms with Crippen LogP contribution in [0.2, 0.25) is 0 Å². The van der Waals surface area contributed by atoms with Crippen molar-refractivity contribution >= 4 is 6.03 Å². The predicted octanol–water partition coefficient (Wildman–Crippen LogP) is 2.23. The number of primary amides is 1. The van der Waals surface area contributed by atoms with E-state index in [9.17, 15) is 9.90 Å². The van der Waals surface area contributed by atoms with E-state index in [1.807, 2.05) is 18.2 Å². The van der Waals surface area contributed by atoms with E-state index in [0.717, 1.165) is 22.3 Å². The summed E-state index contributed by atoms with van der Waals surface area (Å²) in [4.78, 5) is 13.0. The second kappa shape index (κ2) is 7.44. The number of ether oxygens (including phenoxy) is 1. The molecular formula is C19H23N3O3. The minimum atomic E-state index is -0.522. The summed E-state index contributed by atoms with van der Waals surface area (Å²) in [6.07, 6.45) is 0. The SMILES string of the molecule is Cc1ccccc1-c1cc(O)c2c(c1)CN(CCNC(N)=O)CCO2. The van der Waals surface area contributed by atoms with Crippen molar-refractivity contribution in [3.63, 3.8) is 0 Å².